The molecule has 0 bridgehead atoms. The van der Waals surface area contributed by atoms with Crippen LogP contribution in [0.25, 0.3) is 0 Å². The van der Waals surface area contributed by atoms with Gasteiger partial charge in [0.25, 0.3) is 0 Å². The summed E-state index contributed by atoms with van der Waals surface area (Å²) in [4.78, 5) is 39.2. The molecule has 1 aromatic heterocycles. The lowest BCUT2D eigenvalue weighted by Gasteiger charge is -2.20. The number of amides is 3. The molecule has 29 heavy (non-hydrogen) atoms. The average molecular weight is 416 g/mol. The van der Waals surface area contributed by atoms with Gasteiger partial charge in [-0.15, -0.1) is 0 Å². The molecule has 8 N–H and O–H groups in total. The number of aromatic nitrogens is 2. The Bertz CT molecular complexity index is 680. The molecule has 0 aromatic carbocycles. The minimum atomic E-state index is -1.54. The summed E-state index contributed by atoms with van der Waals surface area (Å²) < 4.78 is 5.07. The number of nitrogens with one attached hydrogen (secondary N) is 3. The summed E-state index contributed by atoms with van der Waals surface area (Å²) in [5.74, 6) is -1.72. The Morgan fingerprint density at radius 2 is 1.97 bits per heavy atom. The van der Waals surface area contributed by atoms with Gasteiger partial charge in [-0.3, -0.25) is 4.79 Å². The van der Waals surface area contributed by atoms with Crippen LogP contribution in [0.5, 0.6) is 0 Å². The van der Waals surface area contributed by atoms with Gasteiger partial charge < -0.3 is 41.5 Å². The first-order valence-corrected chi connectivity index (χ1v) is 9.14. The summed E-state index contributed by atoms with van der Waals surface area (Å²) in [6.45, 7) is 3.20. The van der Waals surface area contributed by atoms with Crippen LogP contribution < -0.4 is 21.7 Å². The predicted octanol–water partition coefficient (Wildman–Crippen LogP) is -1.46. The van der Waals surface area contributed by atoms with Gasteiger partial charge in [0, 0.05) is 13.0 Å². The maximum Gasteiger partial charge on any atom is 0.328 e. The highest BCUT2D eigenvalue weighted by Crippen LogP contribution is 2.18. The van der Waals surface area contributed by atoms with Crippen molar-refractivity contribution in [3.05, 3.63) is 11.7 Å². The van der Waals surface area contributed by atoms with Crippen LogP contribution in [-0.2, 0) is 9.59 Å². The van der Waals surface area contributed by atoms with Crippen molar-refractivity contribution in [3.63, 3.8) is 0 Å². The number of aliphatic hydroxyl groups is 2. The van der Waals surface area contributed by atoms with Crippen molar-refractivity contribution >= 4 is 17.9 Å². The maximum absolute atomic E-state index is 12.2. The van der Waals surface area contributed by atoms with Crippen molar-refractivity contribution in [1.29, 1.82) is 0 Å². The largest absolute Gasteiger partial charge is 0.480 e. The number of carbonyl (C=O) groups is 3. The van der Waals surface area contributed by atoms with E-state index in [1.807, 2.05) is 6.92 Å². The molecule has 0 saturated heterocycles. The Labute approximate surface area is 167 Å². The Morgan fingerprint density at radius 1 is 1.28 bits per heavy atom. The minimum Gasteiger partial charge on any atom is -0.480 e. The van der Waals surface area contributed by atoms with Gasteiger partial charge in [0.2, 0.25) is 11.8 Å². The molecular weight excluding hydrogens is 388 g/mol. The lowest BCUT2D eigenvalue weighted by Crippen LogP contribution is -2.51. The normalized spacial score (nSPS) is 15.1. The van der Waals surface area contributed by atoms with Crippen molar-refractivity contribution < 1.29 is 34.2 Å². The Kier molecular flexibility index (Phi) is 9.99. The van der Waals surface area contributed by atoms with E-state index >= 15 is 0 Å². The number of aliphatic carboxylic acids is 1. The van der Waals surface area contributed by atoms with Gasteiger partial charge >= 0.3 is 12.0 Å². The Hall–Kier alpha value is -2.77. The molecule has 0 aliphatic heterocycles. The van der Waals surface area contributed by atoms with E-state index in [0.29, 0.717) is 6.54 Å². The van der Waals surface area contributed by atoms with Crippen molar-refractivity contribution in [1.82, 2.24) is 26.1 Å². The third-order valence-corrected chi connectivity index (χ3v) is 3.86. The number of aliphatic hydroxyl groups excluding tert-OH is 2. The third kappa shape index (κ3) is 8.01. The summed E-state index contributed by atoms with van der Waals surface area (Å²) >= 11 is 0. The minimum absolute atomic E-state index is 0.0116. The average Bonchev–Trinajstić information content (AvgIpc) is 3.16. The summed E-state index contributed by atoms with van der Waals surface area (Å²) in [5.41, 5.74) is 5.63. The highest BCUT2D eigenvalue weighted by molar-refractivity contribution is 5.83. The number of hydrogen-bond acceptors (Lipinski definition) is 9. The quantitative estimate of drug-likeness (QED) is 0.210. The number of urea groups is 1. The predicted molar refractivity (Wildman–Crippen MR) is 98.4 cm³/mol. The molecule has 0 saturated carbocycles. The first-order chi connectivity index (χ1) is 13.7. The number of nitrogens with two attached hydrogens (primary N) is 1. The summed E-state index contributed by atoms with van der Waals surface area (Å²) in [5, 5.41) is 38.5. The first kappa shape index (κ1) is 24.3. The zero-order chi connectivity index (χ0) is 22.0. The van der Waals surface area contributed by atoms with E-state index in [9.17, 15) is 19.5 Å². The molecule has 0 spiro atoms. The molecular formula is C16H28N6O7. The van der Waals surface area contributed by atoms with Gasteiger partial charge in [-0.1, -0.05) is 12.1 Å². The number of carboxylic acids is 1. The lowest BCUT2D eigenvalue weighted by molar-refractivity contribution is -0.141. The summed E-state index contributed by atoms with van der Waals surface area (Å²) in [6.07, 6.45) is -0.481. The molecule has 0 aliphatic rings. The standard InChI is InChI=1S/C16H28N6O7/c1-3-6-18-11(25)5-4-10(14-21-13(22-29-14)9(17)7-23)19-16(28)20-12(8(2)24)15(26)27/h8-10,12,23-24H,3-7,17H2,1-2H3,(H,18,25)(H,26,27)(H2,19,20,28)/t8?,9-,10-,12?/m0/s1. The highest BCUT2D eigenvalue weighted by atomic mass is 16.5. The van der Waals surface area contributed by atoms with E-state index in [1.165, 1.54) is 6.92 Å². The van der Waals surface area contributed by atoms with Crippen LogP contribution in [0.1, 0.15) is 56.9 Å². The molecule has 4 atom stereocenters. The number of carboxylic acid groups (broad SMARTS) is 1. The van der Waals surface area contributed by atoms with Crippen LogP contribution in [0, 0.1) is 0 Å². The molecule has 0 radical (unpaired) electrons. The van der Waals surface area contributed by atoms with E-state index < -0.39 is 42.8 Å². The van der Waals surface area contributed by atoms with Crippen LogP contribution >= 0.6 is 0 Å². The van der Waals surface area contributed by atoms with Crippen LogP contribution in [0.3, 0.4) is 0 Å². The summed E-state index contributed by atoms with van der Waals surface area (Å²) in [7, 11) is 0. The molecule has 0 aliphatic carbocycles. The number of hydrogen-bond donors (Lipinski definition) is 7. The fourth-order valence-electron chi connectivity index (χ4n) is 2.24. The van der Waals surface area contributed by atoms with Gasteiger partial charge in [-0.05, 0) is 19.8 Å². The SMILES string of the molecule is CCCNC(=O)CC[C@H](NC(=O)NC(C(=O)O)C(C)O)c1nc([C@@H](N)CO)no1. The van der Waals surface area contributed by atoms with E-state index in [2.05, 4.69) is 26.1 Å². The van der Waals surface area contributed by atoms with Crippen LogP contribution in [-0.4, -0.2) is 68.7 Å². The van der Waals surface area contributed by atoms with E-state index in [1.54, 1.807) is 0 Å². The maximum atomic E-state index is 12.2. The smallest absolute Gasteiger partial charge is 0.328 e. The van der Waals surface area contributed by atoms with Gasteiger partial charge in [-0.2, -0.15) is 4.98 Å². The molecule has 0 fully saturated rings. The zero-order valence-corrected chi connectivity index (χ0v) is 16.3. The van der Waals surface area contributed by atoms with Gasteiger partial charge in [0.1, 0.15) is 6.04 Å². The van der Waals surface area contributed by atoms with Gasteiger partial charge in [-0.25, -0.2) is 9.59 Å². The third-order valence-electron chi connectivity index (χ3n) is 3.86. The van der Waals surface area contributed by atoms with E-state index in [0.717, 1.165) is 6.42 Å². The van der Waals surface area contributed by atoms with Crippen molar-refractivity contribution in [2.75, 3.05) is 13.2 Å². The second-order valence-electron chi connectivity index (χ2n) is 6.40. The number of rotatable bonds is 12. The number of nitrogens with zero attached hydrogens (tertiary/aromatic N) is 2. The summed E-state index contributed by atoms with van der Waals surface area (Å²) in [6, 6.07) is -4.27. The van der Waals surface area contributed by atoms with Crippen LogP contribution in [0.2, 0.25) is 0 Å². The van der Waals surface area contributed by atoms with Crippen molar-refractivity contribution in [2.24, 2.45) is 5.73 Å². The molecule has 1 aromatic rings. The van der Waals surface area contributed by atoms with Crippen molar-refractivity contribution in [3.8, 4) is 0 Å². The molecule has 1 heterocycles. The highest BCUT2D eigenvalue weighted by Gasteiger charge is 2.28. The second-order valence-corrected chi connectivity index (χ2v) is 6.40. The topological polar surface area (TPSA) is 213 Å². The monoisotopic (exact) mass is 416 g/mol. The van der Waals surface area contributed by atoms with Gasteiger partial charge in [0.05, 0.1) is 18.8 Å². The van der Waals surface area contributed by atoms with Crippen LogP contribution in [0.4, 0.5) is 4.79 Å². The molecule has 13 nitrogen and oxygen atoms in total. The Morgan fingerprint density at radius 3 is 2.52 bits per heavy atom. The van der Waals surface area contributed by atoms with Crippen molar-refractivity contribution in [2.45, 2.75) is 57.3 Å². The first-order valence-electron chi connectivity index (χ1n) is 9.14. The zero-order valence-electron chi connectivity index (χ0n) is 16.3. The number of carbonyl (C=O) groups excluding carboxylic acids is 2. The van der Waals surface area contributed by atoms with E-state index in [4.69, 9.17) is 20.5 Å². The molecule has 3 amide bonds. The van der Waals surface area contributed by atoms with E-state index in [-0.39, 0.29) is 30.5 Å². The lowest BCUT2D eigenvalue weighted by atomic mass is 10.1. The van der Waals surface area contributed by atoms with Gasteiger partial charge in [0.15, 0.2) is 11.9 Å². The molecule has 2 unspecified atom stereocenters. The fraction of sp³-hybridized carbons (Fsp3) is 0.688. The molecule has 1 rings (SSSR count). The molecule has 13 heteroatoms. The fourth-order valence-corrected chi connectivity index (χ4v) is 2.24. The molecule has 164 valence electrons. The Balaban J connectivity index is 2.89. The van der Waals surface area contributed by atoms with Crippen LogP contribution in [0.15, 0.2) is 4.52 Å². The second kappa shape index (κ2) is 11.9.